The van der Waals surface area contributed by atoms with Crippen molar-refractivity contribution in [2.24, 2.45) is 0 Å². The fraction of sp³-hybridized carbons (Fsp3) is 0.111. The molecular weight excluding hydrogens is 232 g/mol. The zero-order chi connectivity index (χ0) is 13.1. The summed E-state index contributed by atoms with van der Waals surface area (Å²) in [6.45, 7) is 2.70. The second-order valence-corrected chi connectivity index (χ2v) is 4.46. The molecule has 0 radical (unpaired) electrons. The molecule has 0 saturated carbocycles. The minimum Gasteiger partial charge on any atom is -0.493 e. The van der Waals surface area contributed by atoms with Crippen molar-refractivity contribution in [1.29, 1.82) is 0 Å². The van der Waals surface area contributed by atoms with Gasteiger partial charge in [0, 0.05) is 5.39 Å². The van der Waals surface area contributed by atoms with Crippen LogP contribution in [0.3, 0.4) is 0 Å². The third kappa shape index (κ3) is 2.19. The topological polar surface area (TPSA) is 9.23 Å². The van der Waals surface area contributed by atoms with Crippen LogP contribution in [0.4, 0.5) is 0 Å². The van der Waals surface area contributed by atoms with E-state index < -0.39 is 0 Å². The summed E-state index contributed by atoms with van der Waals surface area (Å²) in [7, 11) is 0. The molecule has 3 aromatic rings. The number of rotatable bonds is 3. The fourth-order valence-electron chi connectivity index (χ4n) is 2.42. The Hall–Kier alpha value is -2.28. The number of benzene rings is 3. The van der Waals surface area contributed by atoms with E-state index in [1.807, 2.05) is 13.0 Å². The van der Waals surface area contributed by atoms with E-state index in [0.717, 1.165) is 5.75 Å². The SMILES string of the molecule is CCOc1ccc(-c2ccccc2)c2ccccc12. The highest BCUT2D eigenvalue weighted by Crippen LogP contribution is 2.34. The van der Waals surface area contributed by atoms with Crippen LogP contribution in [0.1, 0.15) is 6.92 Å². The Morgan fingerprint density at radius 2 is 1.42 bits per heavy atom. The molecule has 0 heterocycles. The molecule has 3 aromatic carbocycles. The van der Waals surface area contributed by atoms with Crippen molar-refractivity contribution < 1.29 is 4.74 Å². The van der Waals surface area contributed by atoms with E-state index in [-0.39, 0.29) is 0 Å². The van der Waals surface area contributed by atoms with Crippen LogP contribution in [0.15, 0.2) is 66.7 Å². The van der Waals surface area contributed by atoms with E-state index in [0.29, 0.717) is 6.61 Å². The Bertz CT molecular complexity index is 686. The molecule has 94 valence electrons. The van der Waals surface area contributed by atoms with Gasteiger partial charge in [-0.3, -0.25) is 0 Å². The molecule has 0 aliphatic carbocycles. The summed E-state index contributed by atoms with van der Waals surface area (Å²) >= 11 is 0. The number of ether oxygens (including phenoxy) is 1. The Kier molecular flexibility index (Phi) is 3.20. The molecule has 3 rings (SSSR count). The highest BCUT2D eigenvalue weighted by atomic mass is 16.5. The molecule has 0 aromatic heterocycles. The Morgan fingerprint density at radius 3 is 2.16 bits per heavy atom. The first-order valence-electron chi connectivity index (χ1n) is 6.60. The van der Waals surface area contributed by atoms with E-state index in [2.05, 4.69) is 60.7 Å². The molecule has 19 heavy (non-hydrogen) atoms. The minimum absolute atomic E-state index is 0.689. The maximum atomic E-state index is 5.71. The predicted molar refractivity (Wildman–Crippen MR) is 80.6 cm³/mol. The molecule has 0 spiro atoms. The monoisotopic (exact) mass is 248 g/mol. The number of hydrogen-bond acceptors (Lipinski definition) is 1. The first-order valence-corrected chi connectivity index (χ1v) is 6.60. The van der Waals surface area contributed by atoms with Crippen LogP contribution in [0.2, 0.25) is 0 Å². The average molecular weight is 248 g/mol. The number of fused-ring (bicyclic) bond motifs is 1. The average Bonchev–Trinajstić information content (AvgIpc) is 2.49. The van der Waals surface area contributed by atoms with Crippen LogP contribution in [-0.4, -0.2) is 6.61 Å². The van der Waals surface area contributed by atoms with Gasteiger partial charge >= 0.3 is 0 Å². The van der Waals surface area contributed by atoms with Crippen molar-refractivity contribution in [3.63, 3.8) is 0 Å². The molecule has 0 unspecified atom stereocenters. The molecule has 1 nitrogen and oxygen atoms in total. The zero-order valence-electron chi connectivity index (χ0n) is 11.0. The van der Waals surface area contributed by atoms with Crippen molar-refractivity contribution in [3.05, 3.63) is 66.7 Å². The van der Waals surface area contributed by atoms with E-state index in [9.17, 15) is 0 Å². The standard InChI is InChI=1S/C18H16O/c1-2-19-18-13-12-15(14-8-4-3-5-9-14)16-10-6-7-11-17(16)18/h3-13H,2H2,1H3. The van der Waals surface area contributed by atoms with Gasteiger partial charge < -0.3 is 4.74 Å². The van der Waals surface area contributed by atoms with E-state index in [4.69, 9.17) is 4.74 Å². The summed E-state index contributed by atoms with van der Waals surface area (Å²) in [5.41, 5.74) is 2.49. The van der Waals surface area contributed by atoms with Crippen molar-refractivity contribution in [2.45, 2.75) is 6.92 Å². The minimum atomic E-state index is 0.689. The summed E-state index contributed by atoms with van der Waals surface area (Å²) in [5.74, 6) is 0.956. The first kappa shape index (κ1) is 11.8. The molecule has 1 heteroatoms. The second kappa shape index (κ2) is 5.15. The van der Waals surface area contributed by atoms with E-state index in [1.54, 1.807) is 0 Å². The van der Waals surface area contributed by atoms with Gasteiger partial charge in [-0.2, -0.15) is 0 Å². The highest BCUT2D eigenvalue weighted by molar-refractivity contribution is 6.00. The summed E-state index contributed by atoms with van der Waals surface area (Å²) < 4.78 is 5.71. The van der Waals surface area contributed by atoms with Crippen molar-refractivity contribution in [1.82, 2.24) is 0 Å². The largest absolute Gasteiger partial charge is 0.493 e. The maximum Gasteiger partial charge on any atom is 0.127 e. The fourth-order valence-corrected chi connectivity index (χ4v) is 2.42. The number of hydrogen-bond donors (Lipinski definition) is 0. The molecular formula is C18H16O. The summed E-state index contributed by atoms with van der Waals surface area (Å²) in [6.07, 6.45) is 0. The summed E-state index contributed by atoms with van der Waals surface area (Å²) in [5, 5.41) is 2.41. The van der Waals surface area contributed by atoms with Crippen LogP contribution >= 0.6 is 0 Å². The van der Waals surface area contributed by atoms with Crippen LogP contribution in [0.25, 0.3) is 21.9 Å². The van der Waals surface area contributed by atoms with Crippen LogP contribution in [0, 0.1) is 0 Å². The quantitative estimate of drug-likeness (QED) is 0.640. The Labute approximate surface area is 113 Å². The van der Waals surface area contributed by atoms with Gasteiger partial charge in [0.05, 0.1) is 6.61 Å². The van der Waals surface area contributed by atoms with Crippen LogP contribution in [0.5, 0.6) is 5.75 Å². The maximum absolute atomic E-state index is 5.71. The molecule has 0 N–H and O–H groups in total. The van der Waals surface area contributed by atoms with Gasteiger partial charge in [0.25, 0.3) is 0 Å². The van der Waals surface area contributed by atoms with E-state index >= 15 is 0 Å². The predicted octanol–water partition coefficient (Wildman–Crippen LogP) is 4.91. The van der Waals surface area contributed by atoms with E-state index in [1.165, 1.54) is 21.9 Å². The summed E-state index contributed by atoms with van der Waals surface area (Å²) in [6, 6.07) is 23.1. The lowest BCUT2D eigenvalue weighted by Crippen LogP contribution is -1.93. The molecule has 0 amide bonds. The third-order valence-electron chi connectivity index (χ3n) is 3.27. The van der Waals surface area contributed by atoms with Gasteiger partial charge in [0.1, 0.15) is 5.75 Å². The van der Waals surface area contributed by atoms with Gasteiger partial charge in [-0.15, -0.1) is 0 Å². The Morgan fingerprint density at radius 1 is 0.737 bits per heavy atom. The van der Waals surface area contributed by atoms with Crippen molar-refractivity contribution in [2.75, 3.05) is 6.61 Å². The highest BCUT2D eigenvalue weighted by Gasteiger charge is 2.07. The molecule has 0 aliphatic heterocycles. The lowest BCUT2D eigenvalue weighted by atomic mass is 9.98. The lowest BCUT2D eigenvalue weighted by Gasteiger charge is -2.11. The van der Waals surface area contributed by atoms with Crippen LogP contribution in [-0.2, 0) is 0 Å². The van der Waals surface area contributed by atoms with Gasteiger partial charge in [0.15, 0.2) is 0 Å². The van der Waals surface area contributed by atoms with Gasteiger partial charge in [0.2, 0.25) is 0 Å². The Balaban J connectivity index is 2.25. The zero-order valence-corrected chi connectivity index (χ0v) is 11.0. The summed E-state index contributed by atoms with van der Waals surface area (Å²) in [4.78, 5) is 0. The first-order chi connectivity index (χ1) is 9.40. The lowest BCUT2D eigenvalue weighted by molar-refractivity contribution is 0.344. The van der Waals surface area contributed by atoms with Gasteiger partial charge in [-0.1, -0.05) is 60.7 Å². The smallest absolute Gasteiger partial charge is 0.127 e. The normalized spacial score (nSPS) is 10.6. The molecule has 0 saturated heterocycles. The van der Waals surface area contributed by atoms with Gasteiger partial charge in [-0.05, 0) is 29.5 Å². The molecule has 0 bridgehead atoms. The van der Waals surface area contributed by atoms with Crippen molar-refractivity contribution >= 4 is 10.8 Å². The van der Waals surface area contributed by atoms with Crippen LogP contribution < -0.4 is 4.74 Å². The molecule has 0 aliphatic rings. The second-order valence-electron chi connectivity index (χ2n) is 4.46. The third-order valence-corrected chi connectivity index (χ3v) is 3.27. The molecule has 0 atom stereocenters. The van der Waals surface area contributed by atoms with Crippen molar-refractivity contribution in [3.8, 4) is 16.9 Å². The molecule has 0 fully saturated rings. The van der Waals surface area contributed by atoms with Gasteiger partial charge in [-0.25, -0.2) is 0 Å².